The van der Waals surface area contributed by atoms with Crippen LogP contribution in [0.3, 0.4) is 0 Å². The number of hydrogen-bond donors (Lipinski definition) is 0. The lowest BCUT2D eigenvalue weighted by molar-refractivity contribution is 0.0600. The molecule has 2 aromatic rings. The molecule has 168 valence electrons. The minimum atomic E-state index is -3.74. The molecule has 1 unspecified atom stereocenters. The zero-order chi connectivity index (χ0) is 22.4. The Labute approximate surface area is 184 Å². The number of hydrogen-bond acceptors (Lipinski definition) is 8. The number of methoxy groups -OCH3 is 1. The molecule has 0 N–H and O–H groups in total. The van der Waals surface area contributed by atoms with Gasteiger partial charge >= 0.3 is 5.97 Å². The Balaban J connectivity index is 1.82. The number of likely N-dealkylation sites (tertiary alicyclic amines) is 1. The number of sulfonamides is 1. The third kappa shape index (κ3) is 5.88. The smallest absolute Gasteiger partial charge is 0.339 e. The zero-order valence-electron chi connectivity index (χ0n) is 17.0. The number of pyridine rings is 1. The number of anilines is 1. The van der Waals surface area contributed by atoms with E-state index in [1.807, 2.05) is 0 Å². The second-order valence-corrected chi connectivity index (χ2v) is 10.2. The Morgan fingerprint density at radius 2 is 1.90 bits per heavy atom. The molecule has 9 nitrogen and oxygen atoms in total. The Hall–Kier alpha value is -2.34. The van der Waals surface area contributed by atoms with Crippen molar-refractivity contribution < 1.29 is 26.7 Å². The van der Waals surface area contributed by atoms with Crippen LogP contribution >= 0.6 is 0 Å². The van der Waals surface area contributed by atoms with Crippen molar-refractivity contribution in [1.82, 2.24) is 9.88 Å². The molecule has 1 aromatic heterocycles. The Morgan fingerprint density at radius 1 is 1.23 bits per heavy atom. The van der Waals surface area contributed by atoms with Crippen molar-refractivity contribution in [3.8, 4) is 0 Å². The van der Waals surface area contributed by atoms with Crippen molar-refractivity contribution in [2.75, 3.05) is 30.4 Å². The number of nitrogens with zero attached hydrogens (tertiary/aromatic N) is 3. The predicted octanol–water partition coefficient (Wildman–Crippen LogP) is 1.51. The lowest BCUT2D eigenvalue weighted by Gasteiger charge is -2.35. The SMILES string of the molecule is COC(=O)c1ccc(CN(c2ccccc2)S(=O)(=O)C2CCN(CS(=O)[O-])CC2)nc1. The number of piperidine rings is 1. The summed E-state index contributed by atoms with van der Waals surface area (Å²) >= 11 is -2.19. The van der Waals surface area contributed by atoms with Crippen LogP contribution in [0.15, 0.2) is 48.7 Å². The number of carbonyl (C=O) groups excluding carboxylic acids is 1. The van der Waals surface area contributed by atoms with E-state index in [4.69, 9.17) is 0 Å². The van der Waals surface area contributed by atoms with Gasteiger partial charge in [0.25, 0.3) is 0 Å². The molecule has 0 bridgehead atoms. The Bertz CT molecular complexity index is 1010. The second-order valence-electron chi connectivity index (χ2n) is 7.17. The van der Waals surface area contributed by atoms with Gasteiger partial charge in [-0.05, 0) is 48.2 Å². The number of para-hydroxylation sites is 1. The van der Waals surface area contributed by atoms with Gasteiger partial charge in [0.2, 0.25) is 10.0 Å². The van der Waals surface area contributed by atoms with E-state index in [9.17, 15) is 22.0 Å². The first-order valence-corrected chi connectivity index (χ1v) is 12.4. The zero-order valence-corrected chi connectivity index (χ0v) is 18.7. The van der Waals surface area contributed by atoms with Crippen molar-refractivity contribution >= 4 is 32.8 Å². The van der Waals surface area contributed by atoms with Gasteiger partial charge in [-0.2, -0.15) is 0 Å². The molecule has 0 amide bonds. The molecule has 1 fully saturated rings. The van der Waals surface area contributed by atoms with Crippen molar-refractivity contribution in [2.24, 2.45) is 0 Å². The maximum atomic E-state index is 13.5. The summed E-state index contributed by atoms with van der Waals surface area (Å²) in [5.74, 6) is -0.608. The molecule has 1 aliphatic heterocycles. The molecule has 1 atom stereocenters. The third-order valence-corrected chi connectivity index (χ3v) is 7.99. The molecular formula is C20H24N3O6S2-. The van der Waals surface area contributed by atoms with Gasteiger partial charge in [-0.1, -0.05) is 18.2 Å². The van der Waals surface area contributed by atoms with Crippen molar-refractivity contribution in [1.29, 1.82) is 0 Å². The number of esters is 1. The number of carbonyl (C=O) groups is 1. The number of rotatable bonds is 8. The summed E-state index contributed by atoms with van der Waals surface area (Å²) in [6.07, 6.45) is 2.05. The highest BCUT2D eigenvalue weighted by Crippen LogP contribution is 2.27. The fourth-order valence-electron chi connectivity index (χ4n) is 3.49. The lowest BCUT2D eigenvalue weighted by atomic mass is 10.1. The summed E-state index contributed by atoms with van der Waals surface area (Å²) in [5.41, 5.74) is 1.28. The standard InChI is InChI=1S/C20H25N3O6S2/c1-29-20(24)16-7-8-17(21-13-16)14-23(18-5-3-2-4-6-18)31(27,28)19-9-11-22(12-10-19)15-30(25)26/h2-8,13,19H,9-12,14-15H2,1H3,(H,25,26)/p-1. The predicted molar refractivity (Wildman–Crippen MR) is 116 cm³/mol. The molecule has 0 aliphatic carbocycles. The van der Waals surface area contributed by atoms with Crippen molar-refractivity contribution in [3.63, 3.8) is 0 Å². The maximum absolute atomic E-state index is 13.5. The molecule has 1 aromatic carbocycles. The first kappa shape index (κ1) is 23.3. The average Bonchev–Trinajstić information content (AvgIpc) is 2.77. The molecule has 0 radical (unpaired) electrons. The van der Waals surface area contributed by atoms with Gasteiger partial charge in [-0.15, -0.1) is 0 Å². The molecule has 0 spiro atoms. The van der Waals surface area contributed by atoms with Crippen LogP contribution in [0.4, 0.5) is 5.69 Å². The van der Waals surface area contributed by atoms with Crippen LogP contribution in [-0.4, -0.2) is 64.4 Å². The summed E-state index contributed by atoms with van der Waals surface area (Å²) in [4.78, 5) is 17.6. The number of benzene rings is 1. The normalized spacial score (nSPS) is 16.6. The maximum Gasteiger partial charge on any atom is 0.339 e. The van der Waals surface area contributed by atoms with Crippen LogP contribution in [0.1, 0.15) is 28.9 Å². The first-order valence-electron chi connectivity index (χ1n) is 9.69. The van der Waals surface area contributed by atoms with Crippen LogP contribution in [0, 0.1) is 0 Å². The van der Waals surface area contributed by atoms with Crippen LogP contribution in [0.5, 0.6) is 0 Å². The number of ether oxygens (including phenoxy) is 1. The van der Waals surface area contributed by atoms with E-state index in [-0.39, 0.29) is 18.0 Å². The molecule has 1 aliphatic rings. The minimum absolute atomic E-state index is 0.0125. The monoisotopic (exact) mass is 466 g/mol. The third-order valence-electron chi connectivity index (χ3n) is 5.15. The van der Waals surface area contributed by atoms with Gasteiger partial charge in [0.1, 0.15) is 0 Å². The molecule has 3 rings (SSSR count). The van der Waals surface area contributed by atoms with E-state index in [1.54, 1.807) is 47.4 Å². The Morgan fingerprint density at radius 3 is 2.45 bits per heavy atom. The molecular weight excluding hydrogens is 442 g/mol. The van der Waals surface area contributed by atoms with Gasteiger partial charge in [0, 0.05) is 19.3 Å². The molecule has 2 heterocycles. The van der Waals surface area contributed by atoms with Crippen molar-refractivity contribution in [3.05, 3.63) is 59.9 Å². The molecule has 1 saturated heterocycles. The molecule has 11 heteroatoms. The molecule has 0 saturated carbocycles. The van der Waals surface area contributed by atoms with E-state index in [0.717, 1.165) is 0 Å². The van der Waals surface area contributed by atoms with E-state index < -0.39 is 32.3 Å². The highest BCUT2D eigenvalue weighted by molar-refractivity contribution is 7.93. The minimum Gasteiger partial charge on any atom is -0.771 e. The van der Waals surface area contributed by atoms with Crippen LogP contribution < -0.4 is 4.31 Å². The topological polar surface area (TPSA) is 120 Å². The van der Waals surface area contributed by atoms with Gasteiger partial charge in [0.15, 0.2) is 0 Å². The largest absolute Gasteiger partial charge is 0.771 e. The van der Waals surface area contributed by atoms with E-state index >= 15 is 0 Å². The van der Waals surface area contributed by atoms with Gasteiger partial charge in [-0.3, -0.25) is 18.4 Å². The van der Waals surface area contributed by atoms with E-state index in [1.165, 1.54) is 17.6 Å². The highest BCUT2D eigenvalue weighted by atomic mass is 32.2. The summed E-state index contributed by atoms with van der Waals surface area (Å²) in [5, 5.41) is -0.626. The quantitative estimate of drug-likeness (QED) is 0.424. The summed E-state index contributed by atoms with van der Waals surface area (Å²) in [6, 6.07) is 11.9. The lowest BCUT2D eigenvalue weighted by Crippen LogP contribution is -2.46. The summed E-state index contributed by atoms with van der Waals surface area (Å²) < 4.78 is 54.9. The van der Waals surface area contributed by atoms with Gasteiger partial charge in [0.05, 0.1) is 41.7 Å². The van der Waals surface area contributed by atoms with Crippen molar-refractivity contribution in [2.45, 2.75) is 24.6 Å². The van der Waals surface area contributed by atoms with Crippen LogP contribution in [0.25, 0.3) is 0 Å². The summed E-state index contributed by atoms with van der Waals surface area (Å²) in [7, 11) is -2.46. The molecule has 31 heavy (non-hydrogen) atoms. The summed E-state index contributed by atoms with van der Waals surface area (Å²) in [6.45, 7) is 0.803. The van der Waals surface area contributed by atoms with Gasteiger partial charge in [-0.25, -0.2) is 13.2 Å². The van der Waals surface area contributed by atoms with Crippen LogP contribution in [-0.2, 0) is 32.4 Å². The Kier molecular flexibility index (Phi) is 7.76. The van der Waals surface area contributed by atoms with Crippen LogP contribution in [0.2, 0.25) is 0 Å². The first-order chi connectivity index (χ1) is 14.8. The fraction of sp³-hybridized carbons (Fsp3) is 0.400. The number of aromatic nitrogens is 1. The fourth-order valence-corrected chi connectivity index (χ4v) is 5.94. The average molecular weight is 467 g/mol. The van der Waals surface area contributed by atoms with Gasteiger partial charge < -0.3 is 9.29 Å². The van der Waals surface area contributed by atoms with E-state index in [2.05, 4.69) is 9.72 Å². The second kappa shape index (κ2) is 10.3. The highest BCUT2D eigenvalue weighted by Gasteiger charge is 2.35. The van der Waals surface area contributed by atoms with E-state index in [0.29, 0.717) is 37.3 Å².